The fourth-order valence-corrected chi connectivity index (χ4v) is 2.15. The second kappa shape index (κ2) is 6.46. The van der Waals surface area contributed by atoms with Crippen molar-refractivity contribution in [2.24, 2.45) is 0 Å². The molecule has 0 saturated carbocycles. The van der Waals surface area contributed by atoms with Gasteiger partial charge in [-0.1, -0.05) is 32.9 Å². The van der Waals surface area contributed by atoms with E-state index in [4.69, 9.17) is 4.42 Å². The monoisotopic (exact) mass is 316 g/mol. The van der Waals surface area contributed by atoms with Gasteiger partial charge in [0.2, 0.25) is 0 Å². The van der Waals surface area contributed by atoms with Crippen molar-refractivity contribution in [2.45, 2.75) is 38.7 Å². The maximum absolute atomic E-state index is 11.9. The van der Waals surface area contributed by atoms with Gasteiger partial charge >= 0.3 is 6.03 Å². The van der Waals surface area contributed by atoms with E-state index in [-0.39, 0.29) is 18.0 Å². The number of benzene rings is 1. The predicted octanol–water partition coefficient (Wildman–Crippen LogP) is 3.61. The number of nitrogens with one attached hydrogen (secondary N) is 2. The molecule has 23 heavy (non-hydrogen) atoms. The lowest BCUT2D eigenvalue weighted by molar-refractivity contribution is 0.0372. The number of amides is 2. The van der Waals surface area contributed by atoms with E-state index >= 15 is 0 Å². The zero-order valence-corrected chi connectivity index (χ0v) is 14.0. The van der Waals surface area contributed by atoms with Gasteiger partial charge in [-0.15, -0.1) is 0 Å². The van der Waals surface area contributed by atoms with Crippen LogP contribution in [0.15, 0.2) is 47.1 Å². The van der Waals surface area contributed by atoms with Crippen LogP contribution in [-0.4, -0.2) is 17.7 Å². The molecule has 5 heteroatoms. The van der Waals surface area contributed by atoms with E-state index in [1.807, 2.05) is 24.3 Å². The maximum atomic E-state index is 11.9. The van der Waals surface area contributed by atoms with Gasteiger partial charge in [-0.05, 0) is 42.2 Å². The van der Waals surface area contributed by atoms with Crippen molar-refractivity contribution >= 4 is 11.7 Å². The lowest BCUT2D eigenvalue weighted by Crippen LogP contribution is -2.40. The average molecular weight is 316 g/mol. The molecule has 0 aliphatic rings. The second-order valence-electron chi connectivity index (χ2n) is 6.89. The number of hydrogen-bond donors (Lipinski definition) is 3. The second-order valence-corrected chi connectivity index (χ2v) is 6.89. The zero-order chi connectivity index (χ0) is 17.1. The Morgan fingerprint density at radius 1 is 1.13 bits per heavy atom. The van der Waals surface area contributed by atoms with Crippen LogP contribution in [0.1, 0.15) is 39.0 Å². The summed E-state index contributed by atoms with van der Waals surface area (Å²) in [4.78, 5) is 11.9. The van der Waals surface area contributed by atoms with Crippen LogP contribution in [0.5, 0.6) is 0 Å². The number of aliphatic hydroxyl groups is 1. The molecule has 2 aromatic rings. The van der Waals surface area contributed by atoms with E-state index < -0.39 is 5.60 Å². The van der Waals surface area contributed by atoms with Gasteiger partial charge in [-0.2, -0.15) is 0 Å². The molecule has 124 valence electrons. The molecule has 1 heterocycles. The molecule has 0 bridgehead atoms. The molecule has 2 amide bonds. The molecule has 0 aliphatic carbocycles. The third kappa shape index (κ3) is 4.60. The third-order valence-corrected chi connectivity index (χ3v) is 3.65. The standard InChI is InChI=1S/C18H24N2O3/c1-17(2,3)13-7-9-14(10-8-13)20-16(21)19-12-18(4,22)15-6-5-11-23-15/h5-11,22H,12H2,1-4H3,(H2,19,20,21). The number of anilines is 1. The number of carbonyl (C=O) groups excluding carboxylic acids is 1. The van der Waals surface area contributed by atoms with Gasteiger partial charge in [0.1, 0.15) is 11.4 Å². The Kier molecular flexibility index (Phi) is 4.80. The van der Waals surface area contributed by atoms with Crippen LogP contribution in [-0.2, 0) is 11.0 Å². The molecule has 2 rings (SSSR count). The van der Waals surface area contributed by atoms with Gasteiger partial charge in [0.25, 0.3) is 0 Å². The summed E-state index contributed by atoms with van der Waals surface area (Å²) < 4.78 is 5.17. The van der Waals surface area contributed by atoms with Crippen molar-refractivity contribution in [3.05, 3.63) is 54.0 Å². The average Bonchev–Trinajstić information content (AvgIpc) is 3.00. The summed E-state index contributed by atoms with van der Waals surface area (Å²) in [5.41, 5.74) is 0.719. The number of rotatable bonds is 4. The molecule has 5 nitrogen and oxygen atoms in total. The Labute approximate surface area is 136 Å². The Hall–Kier alpha value is -2.27. The van der Waals surface area contributed by atoms with E-state index in [0.717, 1.165) is 0 Å². The molecule has 0 aliphatic heterocycles. The van der Waals surface area contributed by atoms with Gasteiger partial charge in [-0.3, -0.25) is 0 Å². The molecule has 1 atom stereocenters. The fourth-order valence-electron chi connectivity index (χ4n) is 2.15. The topological polar surface area (TPSA) is 74.5 Å². The van der Waals surface area contributed by atoms with Crippen LogP contribution in [0.3, 0.4) is 0 Å². The summed E-state index contributed by atoms with van der Waals surface area (Å²) in [6.07, 6.45) is 1.49. The Bertz CT molecular complexity index is 638. The highest BCUT2D eigenvalue weighted by Crippen LogP contribution is 2.23. The first kappa shape index (κ1) is 17.1. The van der Waals surface area contributed by atoms with Crippen molar-refractivity contribution in [3.8, 4) is 0 Å². The summed E-state index contributed by atoms with van der Waals surface area (Å²) in [5, 5.41) is 15.7. The highest BCUT2D eigenvalue weighted by molar-refractivity contribution is 5.89. The summed E-state index contributed by atoms with van der Waals surface area (Å²) in [7, 11) is 0. The Morgan fingerprint density at radius 2 is 1.78 bits per heavy atom. The summed E-state index contributed by atoms with van der Waals surface area (Å²) >= 11 is 0. The SMILES string of the molecule is CC(C)(C)c1ccc(NC(=O)NCC(C)(O)c2ccco2)cc1. The molecular weight excluding hydrogens is 292 g/mol. The molecule has 0 radical (unpaired) electrons. The van der Waals surface area contributed by atoms with Crippen molar-refractivity contribution in [1.29, 1.82) is 0 Å². The smallest absolute Gasteiger partial charge is 0.319 e. The fraction of sp³-hybridized carbons (Fsp3) is 0.389. The van der Waals surface area contributed by atoms with Crippen LogP contribution in [0.25, 0.3) is 0 Å². The van der Waals surface area contributed by atoms with Gasteiger partial charge < -0.3 is 20.2 Å². The van der Waals surface area contributed by atoms with E-state index in [1.165, 1.54) is 11.8 Å². The van der Waals surface area contributed by atoms with Crippen LogP contribution in [0.4, 0.5) is 10.5 Å². The summed E-state index contributed by atoms with van der Waals surface area (Å²) in [6.45, 7) is 8.05. The highest BCUT2D eigenvalue weighted by Gasteiger charge is 2.26. The van der Waals surface area contributed by atoms with Crippen molar-refractivity contribution in [2.75, 3.05) is 11.9 Å². The van der Waals surface area contributed by atoms with Gasteiger partial charge in [0, 0.05) is 5.69 Å². The third-order valence-electron chi connectivity index (χ3n) is 3.65. The van der Waals surface area contributed by atoms with E-state index in [0.29, 0.717) is 11.4 Å². The maximum Gasteiger partial charge on any atom is 0.319 e. The van der Waals surface area contributed by atoms with Crippen molar-refractivity contribution in [3.63, 3.8) is 0 Å². The minimum atomic E-state index is -1.25. The largest absolute Gasteiger partial charge is 0.466 e. The lowest BCUT2D eigenvalue weighted by Gasteiger charge is -2.21. The first-order valence-electron chi connectivity index (χ1n) is 7.60. The Balaban J connectivity index is 1.90. The number of furan rings is 1. The minimum Gasteiger partial charge on any atom is -0.466 e. The summed E-state index contributed by atoms with van der Waals surface area (Å²) in [5.74, 6) is 0.410. The first-order chi connectivity index (χ1) is 10.7. The predicted molar refractivity (Wildman–Crippen MR) is 90.4 cm³/mol. The molecule has 3 N–H and O–H groups in total. The van der Waals surface area contributed by atoms with Crippen LogP contribution >= 0.6 is 0 Å². The summed E-state index contributed by atoms with van der Waals surface area (Å²) in [6, 6.07) is 10.7. The van der Waals surface area contributed by atoms with Crippen LogP contribution < -0.4 is 10.6 Å². The zero-order valence-electron chi connectivity index (χ0n) is 14.0. The van der Waals surface area contributed by atoms with Gasteiger partial charge in [0.05, 0.1) is 12.8 Å². The van der Waals surface area contributed by atoms with E-state index in [2.05, 4.69) is 31.4 Å². The molecule has 1 unspecified atom stereocenters. The van der Waals surface area contributed by atoms with Gasteiger partial charge in [-0.25, -0.2) is 4.79 Å². The quantitative estimate of drug-likeness (QED) is 0.806. The number of hydrogen-bond acceptors (Lipinski definition) is 3. The lowest BCUT2D eigenvalue weighted by atomic mass is 9.87. The van der Waals surface area contributed by atoms with Crippen molar-refractivity contribution in [1.82, 2.24) is 5.32 Å². The highest BCUT2D eigenvalue weighted by atomic mass is 16.4. The molecule has 0 fully saturated rings. The number of urea groups is 1. The van der Waals surface area contributed by atoms with Crippen molar-refractivity contribution < 1.29 is 14.3 Å². The van der Waals surface area contributed by atoms with Gasteiger partial charge in [0.15, 0.2) is 0 Å². The number of carbonyl (C=O) groups is 1. The molecule has 1 aromatic carbocycles. The van der Waals surface area contributed by atoms with E-state index in [1.54, 1.807) is 19.1 Å². The van der Waals surface area contributed by atoms with Crippen LogP contribution in [0.2, 0.25) is 0 Å². The van der Waals surface area contributed by atoms with E-state index in [9.17, 15) is 9.90 Å². The first-order valence-corrected chi connectivity index (χ1v) is 7.60. The van der Waals surface area contributed by atoms with Crippen LogP contribution in [0, 0.1) is 0 Å². The normalized spacial score (nSPS) is 14.1. The minimum absolute atomic E-state index is 0.0480. The molecule has 0 spiro atoms. The molecular formula is C18H24N2O3. The molecule has 1 aromatic heterocycles. The molecule has 0 saturated heterocycles. The Morgan fingerprint density at radius 3 is 2.30 bits per heavy atom.